The van der Waals surface area contributed by atoms with E-state index in [0.29, 0.717) is 19.1 Å². The number of rotatable bonds is 8. The van der Waals surface area contributed by atoms with Crippen molar-refractivity contribution in [2.75, 3.05) is 13.1 Å². The Hall–Kier alpha value is -2.56. The van der Waals surface area contributed by atoms with E-state index in [2.05, 4.69) is 34.6 Å². The Morgan fingerprint density at radius 1 is 1.33 bits per heavy atom. The largest absolute Gasteiger partial charge is 0.338 e. The van der Waals surface area contributed by atoms with Gasteiger partial charge in [-0.2, -0.15) is 0 Å². The summed E-state index contributed by atoms with van der Waals surface area (Å²) in [4.78, 5) is 18.3. The summed E-state index contributed by atoms with van der Waals surface area (Å²) in [6.45, 7) is 2.22. The van der Waals surface area contributed by atoms with E-state index in [1.165, 1.54) is 0 Å². The maximum atomic E-state index is 12.4. The second-order valence-electron chi connectivity index (χ2n) is 6.08. The number of urea groups is 1. The molecular weight excluding hydrogens is 300 g/mol. The highest BCUT2D eigenvalue weighted by Gasteiger charge is 2.31. The summed E-state index contributed by atoms with van der Waals surface area (Å²) in [5, 5.41) is 3.03. The number of carbonyl (C=O) groups excluding carboxylic acids is 1. The smallest absolute Gasteiger partial charge is 0.317 e. The van der Waals surface area contributed by atoms with Crippen LogP contribution in [0, 0.1) is 0 Å². The molecule has 0 aliphatic heterocycles. The van der Waals surface area contributed by atoms with Gasteiger partial charge in [-0.05, 0) is 24.8 Å². The molecule has 1 fully saturated rings. The molecule has 1 heterocycles. The minimum absolute atomic E-state index is 0.0424. The third-order valence-corrected chi connectivity index (χ3v) is 4.09. The van der Waals surface area contributed by atoms with Gasteiger partial charge in [-0.15, -0.1) is 0 Å². The number of aryl methyl sites for hydroxylation is 1. The first-order valence-electron chi connectivity index (χ1n) is 8.55. The van der Waals surface area contributed by atoms with Crippen LogP contribution in [0.3, 0.4) is 0 Å². The molecule has 0 unspecified atom stereocenters. The molecule has 1 aliphatic rings. The lowest BCUT2D eigenvalue weighted by Gasteiger charge is -2.21. The van der Waals surface area contributed by atoms with Crippen LogP contribution in [0.25, 0.3) is 6.08 Å². The fourth-order valence-electron chi connectivity index (χ4n) is 2.63. The van der Waals surface area contributed by atoms with Crippen molar-refractivity contribution in [2.24, 2.45) is 0 Å². The predicted molar refractivity (Wildman–Crippen MR) is 95.4 cm³/mol. The van der Waals surface area contributed by atoms with Crippen molar-refractivity contribution >= 4 is 12.1 Å². The molecule has 0 radical (unpaired) electrons. The van der Waals surface area contributed by atoms with E-state index in [-0.39, 0.29) is 6.03 Å². The molecule has 0 bridgehead atoms. The molecule has 5 heteroatoms. The second-order valence-corrected chi connectivity index (χ2v) is 6.08. The number of nitrogens with one attached hydrogen (secondary N) is 1. The quantitative estimate of drug-likeness (QED) is 0.758. The number of hydrogen-bond acceptors (Lipinski definition) is 2. The summed E-state index contributed by atoms with van der Waals surface area (Å²) in [5.74, 6) is 0. The molecule has 2 amide bonds. The van der Waals surface area contributed by atoms with Gasteiger partial charge in [0.15, 0.2) is 0 Å². The fourth-order valence-corrected chi connectivity index (χ4v) is 2.63. The summed E-state index contributed by atoms with van der Waals surface area (Å²) in [5.41, 5.74) is 1.16. The molecular formula is C19H24N4O. The summed E-state index contributed by atoms with van der Waals surface area (Å²) >= 11 is 0. The number of aromatic nitrogens is 2. The van der Waals surface area contributed by atoms with Gasteiger partial charge in [-0.25, -0.2) is 9.78 Å². The van der Waals surface area contributed by atoms with Crippen LogP contribution in [0.2, 0.25) is 0 Å². The zero-order valence-electron chi connectivity index (χ0n) is 13.8. The first kappa shape index (κ1) is 16.3. The van der Waals surface area contributed by atoms with Crippen molar-refractivity contribution in [1.82, 2.24) is 19.8 Å². The van der Waals surface area contributed by atoms with Crippen LogP contribution >= 0.6 is 0 Å². The zero-order chi connectivity index (χ0) is 16.6. The number of nitrogens with zero attached hydrogens (tertiary/aromatic N) is 3. The van der Waals surface area contributed by atoms with Crippen molar-refractivity contribution in [2.45, 2.75) is 31.8 Å². The Morgan fingerprint density at radius 2 is 2.17 bits per heavy atom. The van der Waals surface area contributed by atoms with Gasteiger partial charge in [-0.3, -0.25) is 0 Å². The molecule has 1 aromatic heterocycles. The SMILES string of the molecule is O=C(NCCCn1ccnc1)N(C/C=C/c1ccccc1)C1CC1. The van der Waals surface area contributed by atoms with Crippen LogP contribution in [0.4, 0.5) is 4.79 Å². The summed E-state index contributed by atoms with van der Waals surface area (Å²) in [7, 11) is 0. The van der Waals surface area contributed by atoms with E-state index >= 15 is 0 Å². The molecule has 3 rings (SSSR count). The molecule has 1 aliphatic carbocycles. The Kier molecular flexibility index (Phi) is 5.66. The summed E-state index contributed by atoms with van der Waals surface area (Å²) < 4.78 is 2.02. The Morgan fingerprint density at radius 3 is 2.88 bits per heavy atom. The van der Waals surface area contributed by atoms with E-state index in [1.807, 2.05) is 33.9 Å². The molecule has 1 N–H and O–H groups in total. The lowest BCUT2D eigenvalue weighted by Crippen LogP contribution is -2.42. The summed E-state index contributed by atoms with van der Waals surface area (Å²) in [6.07, 6.45) is 12.8. The van der Waals surface area contributed by atoms with Crippen LogP contribution in [0.5, 0.6) is 0 Å². The van der Waals surface area contributed by atoms with Crippen molar-refractivity contribution in [3.05, 3.63) is 60.7 Å². The topological polar surface area (TPSA) is 50.2 Å². The Bertz CT molecular complexity index is 647. The second kappa shape index (κ2) is 8.34. The van der Waals surface area contributed by atoms with Crippen LogP contribution in [0.1, 0.15) is 24.8 Å². The molecule has 0 saturated heterocycles. The van der Waals surface area contributed by atoms with E-state index < -0.39 is 0 Å². The average molecular weight is 324 g/mol. The van der Waals surface area contributed by atoms with Gasteiger partial charge in [0.2, 0.25) is 0 Å². The van der Waals surface area contributed by atoms with Crippen LogP contribution < -0.4 is 5.32 Å². The van der Waals surface area contributed by atoms with E-state index in [1.54, 1.807) is 12.5 Å². The Labute approximate surface area is 143 Å². The third-order valence-electron chi connectivity index (χ3n) is 4.09. The van der Waals surface area contributed by atoms with Crippen molar-refractivity contribution in [1.29, 1.82) is 0 Å². The minimum Gasteiger partial charge on any atom is -0.338 e. The predicted octanol–water partition coefficient (Wildman–Crippen LogP) is 3.16. The third kappa shape index (κ3) is 4.98. The number of carbonyl (C=O) groups is 1. The lowest BCUT2D eigenvalue weighted by atomic mass is 10.2. The van der Waals surface area contributed by atoms with Crippen LogP contribution in [-0.4, -0.2) is 39.6 Å². The van der Waals surface area contributed by atoms with E-state index in [0.717, 1.165) is 31.4 Å². The first-order valence-corrected chi connectivity index (χ1v) is 8.55. The number of hydrogen-bond donors (Lipinski definition) is 1. The van der Waals surface area contributed by atoms with Gasteiger partial charge >= 0.3 is 6.03 Å². The maximum Gasteiger partial charge on any atom is 0.317 e. The summed E-state index contributed by atoms with van der Waals surface area (Å²) in [6, 6.07) is 10.6. The molecule has 126 valence electrons. The molecule has 2 aromatic rings. The number of benzene rings is 1. The van der Waals surface area contributed by atoms with Crippen LogP contribution in [-0.2, 0) is 6.54 Å². The van der Waals surface area contributed by atoms with Gasteiger partial charge in [0.1, 0.15) is 0 Å². The highest BCUT2D eigenvalue weighted by molar-refractivity contribution is 5.75. The van der Waals surface area contributed by atoms with E-state index in [4.69, 9.17) is 0 Å². The molecule has 0 atom stereocenters. The van der Waals surface area contributed by atoms with Crippen molar-refractivity contribution < 1.29 is 4.79 Å². The van der Waals surface area contributed by atoms with Gasteiger partial charge in [0.25, 0.3) is 0 Å². The average Bonchev–Trinajstić information content (AvgIpc) is 3.31. The monoisotopic (exact) mass is 324 g/mol. The van der Waals surface area contributed by atoms with Crippen LogP contribution in [0.15, 0.2) is 55.1 Å². The molecule has 0 spiro atoms. The van der Waals surface area contributed by atoms with E-state index in [9.17, 15) is 4.79 Å². The zero-order valence-corrected chi connectivity index (χ0v) is 13.8. The lowest BCUT2D eigenvalue weighted by molar-refractivity contribution is 0.200. The minimum atomic E-state index is 0.0424. The highest BCUT2D eigenvalue weighted by atomic mass is 16.2. The normalized spacial score (nSPS) is 14.0. The van der Waals surface area contributed by atoms with Gasteiger partial charge in [0.05, 0.1) is 6.33 Å². The first-order chi connectivity index (χ1) is 11.8. The van der Waals surface area contributed by atoms with Gasteiger partial charge < -0.3 is 14.8 Å². The van der Waals surface area contributed by atoms with Gasteiger partial charge in [0, 0.05) is 38.1 Å². The number of amides is 2. The van der Waals surface area contributed by atoms with Gasteiger partial charge in [-0.1, -0.05) is 42.5 Å². The molecule has 24 heavy (non-hydrogen) atoms. The molecule has 1 aromatic carbocycles. The fraction of sp³-hybridized carbons (Fsp3) is 0.368. The number of imidazole rings is 1. The highest BCUT2D eigenvalue weighted by Crippen LogP contribution is 2.26. The Balaban J connectivity index is 1.42. The van der Waals surface area contributed by atoms with Crippen molar-refractivity contribution in [3.63, 3.8) is 0 Å². The van der Waals surface area contributed by atoms with Crippen molar-refractivity contribution in [3.8, 4) is 0 Å². The molecule has 1 saturated carbocycles. The standard InChI is InChI=1S/C19H24N4O/c24-19(21-11-5-13-22-15-12-20-16-22)23(18-9-10-18)14-4-8-17-6-2-1-3-7-17/h1-4,6-8,12,15-16,18H,5,9-11,13-14H2,(H,21,24)/b8-4+. The maximum absolute atomic E-state index is 12.4. The molecule has 5 nitrogen and oxygen atoms in total.